The third kappa shape index (κ3) is 3.31. The van der Waals surface area contributed by atoms with Crippen molar-refractivity contribution in [3.8, 4) is 5.75 Å². The maximum absolute atomic E-state index is 13.0. The molecule has 2 rings (SSSR count). The first-order valence-electron chi connectivity index (χ1n) is 5.59. The predicted molar refractivity (Wildman–Crippen MR) is 76.3 cm³/mol. The van der Waals surface area contributed by atoms with Crippen LogP contribution >= 0.6 is 23.2 Å². The largest absolute Gasteiger partial charge is 0.486 e. The normalized spacial score (nSPS) is 10.5. The van der Waals surface area contributed by atoms with Crippen molar-refractivity contribution in [3.63, 3.8) is 0 Å². The molecule has 0 bridgehead atoms. The van der Waals surface area contributed by atoms with E-state index in [9.17, 15) is 4.39 Å². The fraction of sp³-hybridized carbons (Fsp3) is 0.143. The van der Waals surface area contributed by atoms with E-state index in [4.69, 9.17) is 33.7 Å². The molecule has 0 fully saturated rings. The number of nitrogen functional groups attached to an aromatic ring is 1. The highest BCUT2D eigenvalue weighted by atomic mass is 35.5. The summed E-state index contributed by atoms with van der Waals surface area (Å²) in [6.07, 6.45) is 0. The molecule has 0 aromatic heterocycles. The van der Waals surface area contributed by atoms with Gasteiger partial charge in [0.2, 0.25) is 0 Å². The number of benzene rings is 2. The van der Waals surface area contributed by atoms with Crippen LogP contribution in [-0.2, 0) is 6.61 Å². The number of halogens is 3. The Balaban J connectivity index is 2.19. The molecule has 0 saturated heterocycles. The fourth-order valence-electron chi connectivity index (χ4n) is 1.69. The van der Waals surface area contributed by atoms with Crippen LogP contribution in [0.25, 0.3) is 0 Å². The van der Waals surface area contributed by atoms with Crippen LogP contribution < -0.4 is 10.5 Å². The number of hydrogen-bond acceptors (Lipinski definition) is 2. The number of hydrogen-bond donors (Lipinski definition) is 1. The molecule has 0 atom stereocenters. The first-order chi connectivity index (χ1) is 8.97. The summed E-state index contributed by atoms with van der Waals surface area (Å²) >= 11 is 12.0. The van der Waals surface area contributed by atoms with Crippen LogP contribution in [0.5, 0.6) is 5.75 Å². The topological polar surface area (TPSA) is 35.2 Å². The smallest absolute Gasteiger partial charge is 0.157 e. The van der Waals surface area contributed by atoms with E-state index in [1.807, 2.05) is 6.92 Å². The summed E-state index contributed by atoms with van der Waals surface area (Å²) in [5.74, 6) is 0.103. The Labute approximate surface area is 120 Å². The first-order valence-corrected chi connectivity index (χ1v) is 6.35. The van der Waals surface area contributed by atoms with Crippen molar-refractivity contribution in [1.82, 2.24) is 0 Å². The molecule has 19 heavy (non-hydrogen) atoms. The molecule has 0 unspecified atom stereocenters. The molecule has 0 radical (unpaired) electrons. The van der Waals surface area contributed by atoms with Crippen LogP contribution in [0.3, 0.4) is 0 Å². The summed E-state index contributed by atoms with van der Waals surface area (Å²) in [5, 5.41) is 0.703. The van der Waals surface area contributed by atoms with Gasteiger partial charge in [-0.2, -0.15) is 0 Å². The molecular weight excluding hydrogens is 288 g/mol. The zero-order valence-electron chi connectivity index (χ0n) is 10.2. The van der Waals surface area contributed by atoms with E-state index in [2.05, 4.69) is 0 Å². The molecule has 2 nitrogen and oxygen atoms in total. The highest BCUT2D eigenvalue weighted by Gasteiger charge is 2.10. The number of aryl methyl sites for hydroxylation is 1. The van der Waals surface area contributed by atoms with Crippen LogP contribution in [0.2, 0.25) is 10.0 Å². The number of anilines is 1. The van der Waals surface area contributed by atoms with Crippen molar-refractivity contribution >= 4 is 28.9 Å². The van der Waals surface area contributed by atoms with Gasteiger partial charge in [0.1, 0.15) is 12.4 Å². The van der Waals surface area contributed by atoms with Gasteiger partial charge >= 0.3 is 0 Å². The molecule has 0 heterocycles. The maximum Gasteiger partial charge on any atom is 0.157 e. The second-order valence-corrected chi connectivity index (χ2v) is 4.99. The first kappa shape index (κ1) is 14.0. The molecule has 0 saturated carbocycles. The van der Waals surface area contributed by atoms with Crippen molar-refractivity contribution < 1.29 is 9.13 Å². The molecule has 100 valence electrons. The van der Waals surface area contributed by atoms with Crippen molar-refractivity contribution in [3.05, 3.63) is 57.3 Å². The van der Waals surface area contributed by atoms with E-state index in [0.29, 0.717) is 21.5 Å². The second kappa shape index (κ2) is 5.68. The summed E-state index contributed by atoms with van der Waals surface area (Å²) in [4.78, 5) is 0. The summed E-state index contributed by atoms with van der Waals surface area (Å²) in [6, 6.07) is 7.65. The van der Waals surface area contributed by atoms with E-state index in [0.717, 1.165) is 11.1 Å². The lowest BCUT2D eigenvalue weighted by molar-refractivity contribution is 0.305. The van der Waals surface area contributed by atoms with Crippen molar-refractivity contribution in [1.29, 1.82) is 0 Å². The van der Waals surface area contributed by atoms with Crippen molar-refractivity contribution in [2.45, 2.75) is 13.5 Å². The second-order valence-electron chi connectivity index (χ2n) is 4.17. The van der Waals surface area contributed by atoms with Crippen LogP contribution in [0.4, 0.5) is 10.1 Å². The van der Waals surface area contributed by atoms with Gasteiger partial charge in [-0.05, 0) is 42.3 Å². The third-order valence-electron chi connectivity index (χ3n) is 2.70. The van der Waals surface area contributed by atoms with Gasteiger partial charge in [-0.25, -0.2) is 4.39 Å². The molecule has 2 aromatic carbocycles. The van der Waals surface area contributed by atoms with Gasteiger partial charge < -0.3 is 10.5 Å². The highest BCUT2D eigenvalue weighted by molar-refractivity contribution is 6.37. The van der Waals surface area contributed by atoms with E-state index < -0.39 is 0 Å². The average Bonchev–Trinajstić information content (AvgIpc) is 2.30. The van der Waals surface area contributed by atoms with E-state index in [1.165, 1.54) is 12.1 Å². The Morgan fingerprint density at radius 1 is 1.16 bits per heavy atom. The van der Waals surface area contributed by atoms with Gasteiger partial charge in [0.25, 0.3) is 0 Å². The Hall–Kier alpha value is -1.45. The minimum absolute atomic E-state index is 0.259. The SMILES string of the molecule is Cc1cc(F)ccc1COc1c(Cl)cc(N)cc1Cl. The number of ether oxygens (including phenoxy) is 1. The zero-order chi connectivity index (χ0) is 14.0. The van der Waals surface area contributed by atoms with E-state index >= 15 is 0 Å². The maximum atomic E-state index is 13.0. The molecule has 2 aromatic rings. The molecule has 0 spiro atoms. The van der Waals surface area contributed by atoms with Gasteiger partial charge in [0.05, 0.1) is 10.0 Å². The minimum Gasteiger partial charge on any atom is -0.486 e. The summed E-state index contributed by atoms with van der Waals surface area (Å²) in [5.41, 5.74) is 7.76. The number of rotatable bonds is 3. The van der Waals surface area contributed by atoms with Gasteiger partial charge in [-0.3, -0.25) is 0 Å². The lowest BCUT2D eigenvalue weighted by Gasteiger charge is -2.12. The fourth-order valence-corrected chi connectivity index (χ4v) is 2.30. The molecule has 5 heteroatoms. The van der Waals surface area contributed by atoms with Crippen LogP contribution in [0.15, 0.2) is 30.3 Å². The van der Waals surface area contributed by atoms with E-state index in [-0.39, 0.29) is 12.4 Å². The Bertz CT molecular complexity index is 593. The third-order valence-corrected chi connectivity index (χ3v) is 3.26. The summed E-state index contributed by atoms with van der Waals surface area (Å²) in [6.45, 7) is 2.07. The van der Waals surface area contributed by atoms with Gasteiger partial charge in [0, 0.05) is 5.69 Å². The molecule has 0 aliphatic rings. The zero-order valence-corrected chi connectivity index (χ0v) is 11.7. The van der Waals surface area contributed by atoms with Gasteiger partial charge in [-0.15, -0.1) is 0 Å². The van der Waals surface area contributed by atoms with Gasteiger partial charge in [0.15, 0.2) is 5.75 Å². The average molecular weight is 300 g/mol. The Morgan fingerprint density at radius 3 is 2.37 bits per heavy atom. The molecule has 0 aliphatic carbocycles. The van der Waals surface area contributed by atoms with Crippen LogP contribution in [-0.4, -0.2) is 0 Å². The minimum atomic E-state index is -0.273. The predicted octanol–water partition coefficient (Wildman–Crippen LogP) is 4.60. The summed E-state index contributed by atoms with van der Waals surface area (Å²) in [7, 11) is 0. The quantitative estimate of drug-likeness (QED) is 0.841. The molecule has 0 amide bonds. The molecular formula is C14H12Cl2FNO. The van der Waals surface area contributed by atoms with Crippen molar-refractivity contribution in [2.75, 3.05) is 5.73 Å². The van der Waals surface area contributed by atoms with Crippen LogP contribution in [0, 0.1) is 12.7 Å². The van der Waals surface area contributed by atoms with Crippen LogP contribution in [0.1, 0.15) is 11.1 Å². The standard InChI is InChI=1S/C14H12Cl2FNO/c1-8-4-10(17)3-2-9(8)7-19-14-12(15)5-11(18)6-13(14)16/h2-6H,7,18H2,1H3. The molecule has 0 aliphatic heterocycles. The Morgan fingerprint density at radius 2 is 1.79 bits per heavy atom. The lowest BCUT2D eigenvalue weighted by atomic mass is 10.1. The van der Waals surface area contributed by atoms with Gasteiger partial charge in [-0.1, -0.05) is 29.3 Å². The molecule has 2 N–H and O–H groups in total. The summed E-state index contributed by atoms with van der Waals surface area (Å²) < 4.78 is 18.6. The van der Waals surface area contributed by atoms with E-state index in [1.54, 1.807) is 18.2 Å². The highest BCUT2D eigenvalue weighted by Crippen LogP contribution is 2.35. The lowest BCUT2D eigenvalue weighted by Crippen LogP contribution is -2.00. The number of nitrogens with two attached hydrogens (primary N) is 1. The monoisotopic (exact) mass is 299 g/mol. The van der Waals surface area contributed by atoms with Crippen molar-refractivity contribution in [2.24, 2.45) is 0 Å². The Kier molecular flexibility index (Phi) is 4.17.